The second-order valence-corrected chi connectivity index (χ2v) is 8.68. The summed E-state index contributed by atoms with van der Waals surface area (Å²) in [6.45, 7) is 0. The summed E-state index contributed by atoms with van der Waals surface area (Å²) in [6.07, 6.45) is 12.0. The predicted octanol–water partition coefficient (Wildman–Crippen LogP) is 4.84. The summed E-state index contributed by atoms with van der Waals surface area (Å²) in [5.41, 5.74) is 0.00272. The summed E-state index contributed by atoms with van der Waals surface area (Å²) in [5.74, 6) is 1.32. The van der Waals surface area contributed by atoms with E-state index in [9.17, 15) is 5.11 Å². The van der Waals surface area contributed by atoms with Gasteiger partial charge in [-0.15, -0.1) is 0 Å². The quantitative estimate of drug-likeness (QED) is 0.742. The third-order valence-electron chi connectivity index (χ3n) is 6.55. The molecule has 1 aromatic heterocycles. The molecular weight excluding hydrogens is 418 g/mol. The van der Waals surface area contributed by atoms with Gasteiger partial charge in [0.05, 0.1) is 25.1 Å². The van der Waals surface area contributed by atoms with Gasteiger partial charge in [0.1, 0.15) is 17.1 Å². The van der Waals surface area contributed by atoms with E-state index in [2.05, 4.69) is 63.4 Å². The van der Waals surface area contributed by atoms with Gasteiger partial charge in [-0.2, -0.15) is 0 Å². The van der Waals surface area contributed by atoms with Crippen LogP contribution < -0.4 is 9.47 Å². The number of halogens is 1. The van der Waals surface area contributed by atoms with Gasteiger partial charge in [-0.3, -0.25) is 4.98 Å². The molecule has 2 aliphatic carbocycles. The first-order chi connectivity index (χ1) is 13.6. The van der Waals surface area contributed by atoms with Gasteiger partial charge in [-0.1, -0.05) is 64.5 Å². The van der Waals surface area contributed by atoms with Gasteiger partial charge >= 0.3 is 0 Å². The minimum absolute atomic E-state index is 0.0311. The highest BCUT2D eigenvalue weighted by Gasteiger charge is 2.70. The molecule has 1 N–H and O–H groups in total. The fraction of sp³-hybridized carbons (Fsp3) is 0.348. The number of allylic oxidation sites excluding steroid dienone is 3. The first-order valence-electron chi connectivity index (χ1n) is 9.63. The number of benzene rings is 1. The number of aliphatic hydroxyl groups is 1. The molecule has 0 radical (unpaired) electrons. The van der Waals surface area contributed by atoms with Gasteiger partial charge in [0, 0.05) is 16.3 Å². The fourth-order valence-corrected chi connectivity index (χ4v) is 5.76. The maximum Gasteiger partial charge on any atom is 0.155 e. The van der Waals surface area contributed by atoms with Crippen LogP contribution in [0.4, 0.5) is 0 Å². The Bertz CT molecular complexity index is 973. The lowest BCUT2D eigenvalue weighted by atomic mass is 9.66. The van der Waals surface area contributed by atoms with Gasteiger partial charge < -0.3 is 14.6 Å². The van der Waals surface area contributed by atoms with Crippen LogP contribution in [0.25, 0.3) is 0 Å². The maximum atomic E-state index is 12.2. The number of rotatable bonds is 3. The van der Waals surface area contributed by atoms with Crippen molar-refractivity contribution in [1.82, 2.24) is 4.98 Å². The zero-order valence-electron chi connectivity index (χ0n) is 15.6. The number of nitrogens with zero attached hydrogens (tertiary/aromatic N) is 1. The van der Waals surface area contributed by atoms with Crippen LogP contribution in [0, 0.1) is 5.92 Å². The molecule has 0 saturated heterocycles. The Kier molecular flexibility index (Phi) is 4.14. The van der Waals surface area contributed by atoms with E-state index in [1.165, 1.54) is 5.56 Å². The van der Waals surface area contributed by atoms with Gasteiger partial charge in [0.15, 0.2) is 5.60 Å². The number of ether oxygens (including phenoxy) is 2. The molecule has 4 atom stereocenters. The van der Waals surface area contributed by atoms with Crippen LogP contribution in [-0.4, -0.2) is 22.8 Å². The summed E-state index contributed by atoms with van der Waals surface area (Å²) in [7, 11) is 1.62. The topological polar surface area (TPSA) is 51.6 Å². The molecule has 2 heterocycles. The van der Waals surface area contributed by atoms with Crippen LogP contribution in [0.2, 0.25) is 0 Å². The van der Waals surface area contributed by atoms with Crippen LogP contribution in [0.5, 0.6) is 11.5 Å². The van der Waals surface area contributed by atoms with Crippen molar-refractivity contribution < 1.29 is 14.6 Å². The second kappa shape index (κ2) is 6.46. The lowest BCUT2D eigenvalue weighted by molar-refractivity contribution is -0.123. The highest BCUT2D eigenvalue weighted by Crippen LogP contribution is 2.67. The first kappa shape index (κ1) is 18.0. The number of hydrogen-bond acceptors (Lipinski definition) is 4. The molecule has 4 unspecified atom stereocenters. The molecule has 0 spiro atoms. The third kappa shape index (κ3) is 2.29. The van der Waals surface area contributed by atoms with Gasteiger partial charge in [-0.05, 0) is 24.8 Å². The third-order valence-corrected chi connectivity index (χ3v) is 7.14. The first-order valence-corrected chi connectivity index (χ1v) is 10.4. The lowest BCUT2D eigenvalue weighted by Gasteiger charge is -2.45. The molecule has 5 rings (SSSR count). The Hall–Kier alpha value is -2.11. The van der Waals surface area contributed by atoms with Gasteiger partial charge in [0.25, 0.3) is 0 Å². The molecule has 1 fully saturated rings. The van der Waals surface area contributed by atoms with Crippen molar-refractivity contribution >= 4 is 15.9 Å². The van der Waals surface area contributed by atoms with Gasteiger partial charge in [0.2, 0.25) is 0 Å². The van der Waals surface area contributed by atoms with Crippen molar-refractivity contribution in [3.8, 4) is 11.5 Å². The van der Waals surface area contributed by atoms with Crippen molar-refractivity contribution in [3.05, 3.63) is 76.6 Å². The summed E-state index contributed by atoms with van der Waals surface area (Å²) in [4.78, 5) is 4.27. The summed E-state index contributed by atoms with van der Waals surface area (Å²) >= 11 is 3.56. The minimum atomic E-state index is -1.14. The Morgan fingerprint density at radius 2 is 2.07 bits per heavy atom. The number of fused-ring (bicyclic) bond motifs is 3. The summed E-state index contributed by atoms with van der Waals surface area (Å²) < 4.78 is 13.4. The lowest BCUT2D eigenvalue weighted by Crippen LogP contribution is -2.56. The van der Waals surface area contributed by atoms with Gasteiger partial charge in [-0.25, -0.2) is 0 Å². The Labute approximate surface area is 173 Å². The van der Waals surface area contributed by atoms with E-state index in [1.807, 2.05) is 6.07 Å². The zero-order valence-corrected chi connectivity index (χ0v) is 17.2. The average molecular weight is 440 g/mol. The molecule has 1 saturated carbocycles. The smallest absolute Gasteiger partial charge is 0.155 e. The van der Waals surface area contributed by atoms with Crippen molar-refractivity contribution in [2.75, 3.05) is 7.11 Å². The zero-order chi connectivity index (χ0) is 19.4. The molecule has 144 valence electrons. The minimum Gasteiger partial charge on any atom is -0.495 e. The standard InChI is InChI=1S/C23H22BrNO3/c1-27-19-13-25-14-20-21(19)22(26)12-11-18(15-5-3-2-4-6-15)23(22,28-20)16-7-9-17(24)10-8-16/h2-7,9-10,13-14,16,18,26H,8,11-12H2,1H3. The highest BCUT2D eigenvalue weighted by atomic mass is 79.9. The summed E-state index contributed by atoms with van der Waals surface area (Å²) in [5, 5.41) is 12.2. The van der Waals surface area contributed by atoms with Crippen molar-refractivity contribution in [2.45, 2.75) is 36.4 Å². The molecule has 0 amide bonds. The van der Waals surface area contributed by atoms with Crippen LogP contribution >= 0.6 is 15.9 Å². The van der Waals surface area contributed by atoms with E-state index < -0.39 is 11.2 Å². The largest absolute Gasteiger partial charge is 0.495 e. The van der Waals surface area contributed by atoms with E-state index in [0.29, 0.717) is 17.9 Å². The van der Waals surface area contributed by atoms with Crippen LogP contribution in [0.15, 0.2) is 65.4 Å². The van der Waals surface area contributed by atoms with E-state index in [4.69, 9.17) is 9.47 Å². The monoisotopic (exact) mass is 439 g/mol. The molecule has 2 aromatic rings. The maximum absolute atomic E-state index is 12.2. The highest BCUT2D eigenvalue weighted by molar-refractivity contribution is 9.11. The van der Waals surface area contributed by atoms with Crippen molar-refractivity contribution in [3.63, 3.8) is 0 Å². The number of methoxy groups -OCH3 is 1. The van der Waals surface area contributed by atoms with Crippen molar-refractivity contribution in [2.24, 2.45) is 5.92 Å². The molecule has 1 aromatic carbocycles. The van der Waals surface area contributed by atoms with Crippen LogP contribution in [-0.2, 0) is 5.60 Å². The molecule has 3 aliphatic rings. The second-order valence-electron chi connectivity index (χ2n) is 7.76. The molecule has 4 nitrogen and oxygen atoms in total. The van der Waals surface area contributed by atoms with E-state index >= 15 is 0 Å². The predicted molar refractivity (Wildman–Crippen MR) is 111 cm³/mol. The Morgan fingerprint density at radius 1 is 1.25 bits per heavy atom. The molecule has 28 heavy (non-hydrogen) atoms. The fourth-order valence-electron chi connectivity index (χ4n) is 5.42. The number of aromatic nitrogens is 1. The van der Waals surface area contributed by atoms with Crippen LogP contribution in [0.3, 0.4) is 0 Å². The van der Waals surface area contributed by atoms with E-state index in [-0.39, 0.29) is 11.8 Å². The summed E-state index contributed by atoms with van der Waals surface area (Å²) in [6, 6.07) is 10.4. The molecule has 1 aliphatic heterocycles. The molecule has 0 bridgehead atoms. The molecular formula is C23H22BrNO3. The Balaban J connectivity index is 1.72. The Morgan fingerprint density at radius 3 is 2.79 bits per heavy atom. The normalized spacial score (nSPS) is 33.0. The van der Waals surface area contributed by atoms with E-state index in [1.54, 1.807) is 19.5 Å². The van der Waals surface area contributed by atoms with Crippen LogP contribution in [0.1, 0.15) is 36.3 Å². The van der Waals surface area contributed by atoms with E-state index in [0.717, 1.165) is 22.9 Å². The molecule has 5 heteroatoms. The number of hydrogen-bond donors (Lipinski definition) is 1. The average Bonchev–Trinajstić information content (AvgIpc) is 3.16. The van der Waals surface area contributed by atoms with Crippen molar-refractivity contribution in [1.29, 1.82) is 0 Å². The number of pyridine rings is 1. The SMILES string of the molecule is COc1cncc2c1C1(O)CCC(c3ccccc3)C1(C1C=CC(Br)=CC1)O2.